The van der Waals surface area contributed by atoms with Crippen LogP contribution >= 0.6 is 22.7 Å². The van der Waals surface area contributed by atoms with Crippen molar-refractivity contribution in [3.63, 3.8) is 0 Å². The van der Waals surface area contributed by atoms with E-state index < -0.39 is 0 Å². The fraction of sp³-hybridized carbons (Fsp3) is 0. The van der Waals surface area contributed by atoms with Crippen molar-refractivity contribution in [1.82, 2.24) is 4.40 Å². The molecule has 35 heavy (non-hydrogen) atoms. The molecule has 0 spiro atoms. The molecule has 0 aliphatic rings. The van der Waals surface area contributed by atoms with Gasteiger partial charge in [-0.1, -0.05) is 72.8 Å². The Morgan fingerprint density at radius 2 is 0.971 bits per heavy atom. The maximum absolute atomic E-state index is 2.48. The van der Waals surface area contributed by atoms with E-state index in [9.17, 15) is 0 Å². The quantitative estimate of drug-likeness (QED) is 0.191. The van der Waals surface area contributed by atoms with Crippen molar-refractivity contribution in [3.8, 4) is 0 Å². The van der Waals surface area contributed by atoms with Gasteiger partial charge in [-0.2, -0.15) is 0 Å². The van der Waals surface area contributed by atoms with Gasteiger partial charge in [0.15, 0.2) is 0 Å². The molecule has 0 aliphatic heterocycles. The minimum absolute atomic E-state index is 1.29. The molecule has 1 nitrogen and oxygen atoms in total. The van der Waals surface area contributed by atoms with E-state index in [0.29, 0.717) is 0 Å². The zero-order chi connectivity index (χ0) is 22.7. The Labute approximate surface area is 208 Å². The Bertz CT molecular complexity index is 2330. The van der Waals surface area contributed by atoms with Crippen LogP contribution in [0.3, 0.4) is 0 Å². The van der Waals surface area contributed by atoms with Crippen LogP contribution in [0.15, 0.2) is 103 Å². The lowest BCUT2D eigenvalue weighted by Crippen LogP contribution is -1.91. The maximum Gasteiger partial charge on any atom is 0.0628 e. The van der Waals surface area contributed by atoms with E-state index in [-0.39, 0.29) is 0 Å². The van der Waals surface area contributed by atoms with Crippen molar-refractivity contribution >= 4 is 101 Å². The van der Waals surface area contributed by atoms with Crippen LogP contribution in [-0.2, 0) is 0 Å². The molecule has 4 heterocycles. The molecule has 0 saturated carbocycles. The van der Waals surface area contributed by atoms with Crippen LogP contribution in [-0.4, -0.2) is 4.40 Å². The van der Waals surface area contributed by atoms with Crippen molar-refractivity contribution in [2.45, 2.75) is 0 Å². The predicted octanol–water partition coefficient (Wildman–Crippen LogP) is 10.1. The number of rotatable bonds is 0. The van der Waals surface area contributed by atoms with E-state index in [0.717, 1.165) is 0 Å². The first-order valence-electron chi connectivity index (χ1n) is 11.9. The molecule has 0 bridgehead atoms. The van der Waals surface area contributed by atoms with Crippen molar-refractivity contribution in [2.24, 2.45) is 0 Å². The summed E-state index contributed by atoms with van der Waals surface area (Å²) >= 11 is 3.79. The largest absolute Gasteiger partial charge is 0.314 e. The number of aromatic nitrogens is 1. The Balaban J connectivity index is 1.71. The highest BCUT2D eigenvalue weighted by atomic mass is 32.1. The number of hydrogen-bond acceptors (Lipinski definition) is 2. The van der Waals surface area contributed by atoms with Gasteiger partial charge in [-0.05, 0) is 24.3 Å². The molecule has 0 saturated heterocycles. The molecule has 4 aromatic heterocycles. The first kappa shape index (κ1) is 18.4. The Hall–Kier alpha value is -3.92. The lowest BCUT2D eigenvalue weighted by Gasteiger charge is -2.13. The van der Waals surface area contributed by atoms with Crippen molar-refractivity contribution in [1.29, 1.82) is 0 Å². The summed E-state index contributed by atoms with van der Waals surface area (Å²) in [5.74, 6) is 0. The summed E-state index contributed by atoms with van der Waals surface area (Å²) in [6, 6.07) is 35.9. The van der Waals surface area contributed by atoms with Crippen LogP contribution in [0.5, 0.6) is 0 Å². The number of nitrogens with zero attached hydrogens (tertiary/aromatic N) is 1. The van der Waals surface area contributed by atoms with Gasteiger partial charge >= 0.3 is 0 Å². The molecule has 0 fully saturated rings. The summed E-state index contributed by atoms with van der Waals surface area (Å²) in [6.45, 7) is 0. The number of hydrogen-bond donors (Lipinski definition) is 0. The zero-order valence-electron chi connectivity index (χ0n) is 18.6. The number of pyridine rings is 1. The second-order valence-corrected chi connectivity index (χ2v) is 11.5. The van der Waals surface area contributed by atoms with Gasteiger partial charge in [-0.15, -0.1) is 22.7 Å². The van der Waals surface area contributed by atoms with E-state index >= 15 is 0 Å². The molecule has 0 amide bonds. The third kappa shape index (κ3) is 2.23. The molecule has 162 valence electrons. The SMILES string of the molecule is c1ccc2c(c1)cn1c2c2ccc3sc4ccccc4c3c2c2ccc3sc4ccccc4c3c21. The summed E-state index contributed by atoms with van der Waals surface area (Å²) in [7, 11) is 0. The lowest BCUT2D eigenvalue weighted by atomic mass is 9.97. The van der Waals surface area contributed by atoms with Crippen LogP contribution in [0.1, 0.15) is 0 Å². The first-order valence-corrected chi connectivity index (χ1v) is 13.5. The first-order chi connectivity index (χ1) is 17.4. The smallest absolute Gasteiger partial charge is 0.0628 e. The fourth-order valence-corrected chi connectivity index (χ4v) is 8.38. The van der Waals surface area contributed by atoms with E-state index in [4.69, 9.17) is 0 Å². The second-order valence-electron chi connectivity index (χ2n) is 9.33. The Morgan fingerprint density at radius 1 is 0.400 bits per heavy atom. The van der Waals surface area contributed by atoms with Gasteiger partial charge in [0.05, 0.1) is 11.0 Å². The average molecular weight is 480 g/mol. The van der Waals surface area contributed by atoms with E-state index in [2.05, 4.69) is 108 Å². The molecule has 0 N–H and O–H groups in total. The predicted molar refractivity (Wildman–Crippen MR) is 156 cm³/mol. The molecule has 3 heteroatoms. The molecule has 0 atom stereocenters. The van der Waals surface area contributed by atoms with Gasteiger partial charge in [0, 0.05) is 73.5 Å². The van der Waals surface area contributed by atoms with Crippen LogP contribution in [0, 0.1) is 0 Å². The Morgan fingerprint density at radius 3 is 1.71 bits per heavy atom. The van der Waals surface area contributed by atoms with Gasteiger partial charge in [0.2, 0.25) is 0 Å². The van der Waals surface area contributed by atoms with Crippen molar-refractivity contribution in [3.05, 3.63) is 103 Å². The zero-order valence-corrected chi connectivity index (χ0v) is 20.2. The van der Waals surface area contributed by atoms with Gasteiger partial charge in [0.25, 0.3) is 0 Å². The maximum atomic E-state index is 2.48. The topological polar surface area (TPSA) is 4.41 Å². The standard InChI is InChI=1S/C32H17NS2/c1-2-8-19-18(7-1)17-33-31(19)22-13-15-26-29(20-9-3-5-11-24(20)34-26)28(22)23-14-16-27-30(32(23)33)21-10-4-6-12-25(21)35-27/h1-17H. The minimum atomic E-state index is 1.29. The number of thiophene rings is 2. The third-order valence-corrected chi connectivity index (χ3v) is 9.82. The Kier molecular flexibility index (Phi) is 3.36. The monoisotopic (exact) mass is 479 g/mol. The molecule has 9 aromatic rings. The molecular formula is C32H17NS2. The summed E-state index contributed by atoms with van der Waals surface area (Å²) in [5.41, 5.74) is 2.63. The van der Waals surface area contributed by atoms with Gasteiger partial charge in [-0.25, -0.2) is 0 Å². The van der Waals surface area contributed by atoms with Gasteiger partial charge < -0.3 is 4.40 Å². The fourth-order valence-electron chi connectivity index (χ4n) is 6.15. The summed E-state index contributed by atoms with van der Waals surface area (Å²) in [6.07, 6.45) is 2.34. The number of benzene rings is 5. The van der Waals surface area contributed by atoms with Crippen molar-refractivity contribution in [2.75, 3.05) is 0 Å². The van der Waals surface area contributed by atoms with E-state index in [1.807, 2.05) is 22.7 Å². The van der Waals surface area contributed by atoms with E-state index in [1.165, 1.54) is 78.3 Å². The highest BCUT2D eigenvalue weighted by Crippen LogP contribution is 2.47. The third-order valence-electron chi connectivity index (χ3n) is 7.55. The highest BCUT2D eigenvalue weighted by Gasteiger charge is 2.20. The van der Waals surface area contributed by atoms with Crippen LogP contribution in [0.25, 0.3) is 78.3 Å². The molecule has 5 aromatic carbocycles. The van der Waals surface area contributed by atoms with Crippen LogP contribution in [0.4, 0.5) is 0 Å². The highest BCUT2D eigenvalue weighted by molar-refractivity contribution is 7.26. The molecular weight excluding hydrogens is 462 g/mol. The minimum Gasteiger partial charge on any atom is -0.314 e. The van der Waals surface area contributed by atoms with Crippen LogP contribution in [0.2, 0.25) is 0 Å². The number of fused-ring (bicyclic) bond motifs is 16. The second kappa shape index (κ2) is 6.39. The molecule has 0 aliphatic carbocycles. The lowest BCUT2D eigenvalue weighted by molar-refractivity contribution is 1.31. The summed E-state index contributed by atoms with van der Waals surface area (Å²) < 4.78 is 7.88. The normalized spacial score (nSPS) is 12.6. The van der Waals surface area contributed by atoms with E-state index in [1.54, 1.807) is 0 Å². The van der Waals surface area contributed by atoms with Crippen LogP contribution < -0.4 is 0 Å². The molecule has 0 radical (unpaired) electrons. The average Bonchev–Trinajstić information content (AvgIpc) is 3.59. The van der Waals surface area contributed by atoms with Crippen molar-refractivity contribution < 1.29 is 0 Å². The molecule has 9 rings (SSSR count). The van der Waals surface area contributed by atoms with Gasteiger partial charge in [-0.3, -0.25) is 0 Å². The van der Waals surface area contributed by atoms with Gasteiger partial charge in [0.1, 0.15) is 0 Å². The summed E-state index contributed by atoms with van der Waals surface area (Å²) in [5, 5.41) is 12.1. The summed E-state index contributed by atoms with van der Waals surface area (Å²) in [4.78, 5) is 0. The molecule has 0 unspecified atom stereocenters.